The predicted octanol–water partition coefficient (Wildman–Crippen LogP) is 5.02. The minimum absolute atomic E-state index is 0.302. The molecule has 0 unspecified atom stereocenters. The van der Waals surface area contributed by atoms with E-state index in [9.17, 15) is 14.6 Å². The molecule has 7 heteroatoms. The van der Waals surface area contributed by atoms with Crippen molar-refractivity contribution in [3.63, 3.8) is 0 Å². The lowest BCUT2D eigenvalue weighted by Gasteiger charge is -2.41. The SMILES string of the molecule is COc1ccc2ncc(Cl)c([C@H](O)CCC3([C@@H](O)CC#Cc4ccc(F)cc4)CCNCC3)c2c1. The van der Waals surface area contributed by atoms with Crippen LogP contribution < -0.4 is 10.1 Å². The number of ether oxygens (including phenoxy) is 1. The number of pyridine rings is 1. The number of methoxy groups -OCH3 is 1. The second kappa shape index (κ2) is 11.4. The van der Waals surface area contributed by atoms with Crippen molar-refractivity contribution < 1.29 is 19.3 Å². The van der Waals surface area contributed by atoms with Crippen LogP contribution in [-0.2, 0) is 0 Å². The molecule has 1 fully saturated rings. The van der Waals surface area contributed by atoms with E-state index < -0.39 is 12.2 Å². The highest BCUT2D eigenvalue weighted by Crippen LogP contribution is 2.42. The van der Waals surface area contributed by atoms with Gasteiger partial charge in [-0.3, -0.25) is 4.98 Å². The first-order valence-corrected chi connectivity index (χ1v) is 12.2. The van der Waals surface area contributed by atoms with Gasteiger partial charge in [-0.25, -0.2) is 4.39 Å². The van der Waals surface area contributed by atoms with Gasteiger partial charge in [0.05, 0.1) is 29.9 Å². The van der Waals surface area contributed by atoms with Crippen LogP contribution in [0.2, 0.25) is 5.02 Å². The van der Waals surface area contributed by atoms with E-state index in [1.54, 1.807) is 25.4 Å². The molecule has 3 aromatic rings. The maximum Gasteiger partial charge on any atom is 0.123 e. The molecule has 0 aliphatic carbocycles. The molecule has 2 aromatic carbocycles. The van der Waals surface area contributed by atoms with Gasteiger partial charge in [0.15, 0.2) is 0 Å². The largest absolute Gasteiger partial charge is 0.497 e. The van der Waals surface area contributed by atoms with Gasteiger partial charge in [-0.15, -0.1) is 0 Å². The Hall–Kier alpha value is -2.69. The molecule has 0 radical (unpaired) electrons. The molecule has 184 valence electrons. The Balaban J connectivity index is 1.51. The third-order valence-electron chi connectivity index (χ3n) is 7.00. The first-order chi connectivity index (χ1) is 16.9. The number of hydrogen-bond donors (Lipinski definition) is 3. The van der Waals surface area contributed by atoms with Gasteiger partial charge in [0.1, 0.15) is 11.6 Å². The topological polar surface area (TPSA) is 74.6 Å². The second-order valence-corrected chi connectivity index (χ2v) is 9.51. The van der Waals surface area contributed by atoms with E-state index in [4.69, 9.17) is 16.3 Å². The summed E-state index contributed by atoms with van der Waals surface area (Å²) < 4.78 is 18.5. The number of fused-ring (bicyclic) bond motifs is 1. The smallest absolute Gasteiger partial charge is 0.123 e. The van der Waals surface area contributed by atoms with E-state index in [0.717, 1.165) is 36.8 Å². The number of aliphatic hydroxyl groups excluding tert-OH is 2. The molecule has 5 nitrogen and oxygen atoms in total. The van der Waals surface area contributed by atoms with Gasteiger partial charge in [-0.1, -0.05) is 23.4 Å². The maximum absolute atomic E-state index is 13.1. The molecular weight excluding hydrogens is 467 g/mol. The third kappa shape index (κ3) is 5.94. The van der Waals surface area contributed by atoms with Gasteiger partial charge in [-0.2, -0.15) is 0 Å². The summed E-state index contributed by atoms with van der Waals surface area (Å²) in [6.45, 7) is 1.60. The number of hydrogen-bond acceptors (Lipinski definition) is 5. The lowest BCUT2D eigenvalue weighted by atomic mass is 9.69. The molecule has 1 saturated heterocycles. The van der Waals surface area contributed by atoms with E-state index in [0.29, 0.717) is 41.2 Å². The van der Waals surface area contributed by atoms with Crippen molar-refractivity contribution in [2.24, 2.45) is 5.41 Å². The zero-order valence-electron chi connectivity index (χ0n) is 19.7. The van der Waals surface area contributed by atoms with Gasteiger partial charge in [0.2, 0.25) is 0 Å². The summed E-state index contributed by atoms with van der Waals surface area (Å²) in [5.74, 6) is 6.43. The van der Waals surface area contributed by atoms with Crippen LogP contribution >= 0.6 is 11.6 Å². The Kier molecular flexibility index (Phi) is 8.25. The fourth-order valence-electron chi connectivity index (χ4n) is 4.88. The van der Waals surface area contributed by atoms with Crippen molar-refractivity contribution in [1.82, 2.24) is 10.3 Å². The van der Waals surface area contributed by atoms with Gasteiger partial charge < -0.3 is 20.3 Å². The van der Waals surface area contributed by atoms with E-state index in [2.05, 4.69) is 22.1 Å². The number of nitrogens with one attached hydrogen (secondary N) is 1. The average molecular weight is 497 g/mol. The zero-order valence-corrected chi connectivity index (χ0v) is 20.5. The van der Waals surface area contributed by atoms with E-state index in [1.807, 2.05) is 18.2 Å². The molecule has 2 heterocycles. The lowest BCUT2D eigenvalue weighted by molar-refractivity contribution is -0.0120. The quantitative estimate of drug-likeness (QED) is 0.400. The molecule has 35 heavy (non-hydrogen) atoms. The average Bonchev–Trinajstić information content (AvgIpc) is 2.88. The Labute approximate surface area is 210 Å². The summed E-state index contributed by atoms with van der Waals surface area (Å²) in [6, 6.07) is 11.5. The van der Waals surface area contributed by atoms with Crippen molar-refractivity contribution >= 4 is 22.5 Å². The fourth-order valence-corrected chi connectivity index (χ4v) is 5.15. The molecule has 0 spiro atoms. The Morgan fingerprint density at radius 3 is 2.63 bits per heavy atom. The number of benzene rings is 2. The van der Waals surface area contributed by atoms with Crippen LogP contribution in [0.4, 0.5) is 4.39 Å². The first kappa shape index (κ1) is 25.4. The van der Waals surface area contributed by atoms with Gasteiger partial charge in [0.25, 0.3) is 0 Å². The number of nitrogens with zero attached hydrogens (tertiary/aromatic N) is 1. The highest BCUT2D eigenvalue weighted by Gasteiger charge is 2.39. The summed E-state index contributed by atoms with van der Waals surface area (Å²) in [4.78, 5) is 4.37. The molecule has 1 aromatic heterocycles. The molecule has 2 atom stereocenters. The van der Waals surface area contributed by atoms with Crippen LogP contribution in [0.1, 0.15) is 49.3 Å². The first-order valence-electron chi connectivity index (χ1n) is 11.9. The molecule has 4 rings (SSSR count). The van der Waals surface area contributed by atoms with Crippen LogP contribution in [0.5, 0.6) is 5.75 Å². The second-order valence-electron chi connectivity index (χ2n) is 9.10. The van der Waals surface area contributed by atoms with Crippen molar-refractivity contribution in [3.05, 3.63) is 70.6 Å². The highest BCUT2D eigenvalue weighted by atomic mass is 35.5. The van der Waals surface area contributed by atoms with Gasteiger partial charge in [0, 0.05) is 29.1 Å². The van der Waals surface area contributed by atoms with Crippen molar-refractivity contribution in [2.75, 3.05) is 20.2 Å². The summed E-state index contributed by atoms with van der Waals surface area (Å²) in [6.07, 6.45) is 3.06. The molecule has 0 amide bonds. The summed E-state index contributed by atoms with van der Waals surface area (Å²) in [7, 11) is 1.59. The summed E-state index contributed by atoms with van der Waals surface area (Å²) in [5.41, 5.74) is 1.71. The molecular formula is C28H30ClFN2O3. The Bertz CT molecular complexity index is 1220. The number of aliphatic hydroxyl groups is 2. The number of halogens is 2. The minimum Gasteiger partial charge on any atom is -0.497 e. The molecule has 3 N–H and O–H groups in total. The predicted molar refractivity (Wildman–Crippen MR) is 136 cm³/mol. The van der Waals surface area contributed by atoms with Crippen LogP contribution in [0.25, 0.3) is 10.9 Å². The third-order valence-corrected chi connectivity index (χ3v) is 7.30. The Morgan fingerprint density at radius 2 is 1.91 bits per heavy atom. The van der Waals surface area contributed by atoms with E-state index in [1.165, 1.54) is 12.1 Å². The number of piperidine rings is 1. The fraction of sp³-hybridized carbons (Fsp3) is 0.393. The molecule has 0 bridgehead atoms. The van der Waals surface area contributed by atoms with Crippen LogP contribution in [0.3, 0.4) is 0 Å². The van der Waals surface area contributed by atoms with Crippen molar-refractivity contribution in [2.45, 2.75) is 44.3 Å². The molecule has 1 aliphatic heterocycles. The molecule has 1 aliphatic rings. The van der Waals surface area contributed by atoms with E-state index >= 15 is 0 Å². The standard InChI is InChI=1S/C28H30ClFN2O3/c1-35-21-9-10-24-22(17-21)27(23(29)18-32-24)25(33)11-12-28(13-15-31-16-14-28)26(34)4-2-3-19-5-7-20(30)8-6-19/h5-10,17-18,25-26,31,33-34H,4,11-16H2,1H3/t25-,26+/m1/s1. The lowest BCUT2D eigenvalue weighted by Crippen LogP contribution is -2.44. The Morgan fingerprint density at radius 1 is 1.17 bits per heavy atom. The molecule has 0 saturated carbocycles. The minimum atomic E-state index is -0.815. The zero-order chi connectivity index (χ0) is 24.8. The van der Waals surface area contributed by atoms with Crippen molar-refractivity contribution in [1.29, 1.82) is 0 Å². The van der Waals surface area contributed by atoms with Gasteiger partial charge >= 0.3 is 0 Å². The number of rotatable bonds is 7. The summed E-state index contributed by atoms with van der Waals surface area (Å²) in [5, 5.41) is 27.0. The summed E-state index contributed by atoms with van der Waals surface area (Å²) >= 11 is 6.48. The van der Waals surface area contributed by atoms with E-state index in [-0.39, 0.29) is 11.2 Å². The normalized spacial score (nSPS) is 16.8. The maximum atomic E-state index is 13.1. The monoisotopic (exact) mass is 496 g/mol. The van der Waals surface area contributed by atoms with Gasteiger partial charge in [-0.05, 0) is 86.7 Å². The van der Waals surface area contributed by atoms with Crippen LogP contribution in [0, 0.1) is 23.1 Å². The van der Waals surface area contributed by atoms with Crippen LogP contribution in [-0.4, -0.2) is 41.5 Å². The van der Waals surface area contributed by atoms with Crippen LogP contribution in [0.15, 0.2) is 48.7 Å². The number of aromatic nitrogens is 1. The highest BCUT2D eigenvalue weighted by molar-refractivity contribution is 6.32. The van der Waals surface area contributed by atoms with Crippen molar-refractivity contribution in [3.8, 4) is 17.6 Å².